The summed E-state index contributed by atoms with van der Waals surface area (Å²) in [6.45, 7) is 1.35. The van der Waals surface area contributed by atoms with Crippen molar-refractivity contribution < 1.29 is 19.2 Å². The molecule has 31 heavy (non-hydrogen) atoms. The summed E-state index contributed by atoms with van der Waals surface area (Å²) < 4.78 is 12.1. The molecule has 5 nitrogen and oxygen atoms in total. The third-order valence-electron chi connectivity index (χ3n) is 8.55. The summed E-state index contributed by atoms with van der Waals surface area (Å²) >= 11 is 0. The lowest BCUT2D eigenvalue weighted by Crippen LogP contribution is -2.60. The molecule has 0 spiro atoms. The van der Waals surface area contributed by atoms with E-state index in [1.54, 1.807) is 0 Å². The summed E-state index contributed by atoms with van der Waals surface area (Å²) in [7, 11) is 1.82. The molecule has 0 amide bonds. The Morgan fingerprint density at radius 1 is 0.935 bits per heavy atom. The molecule has 5 aliphatic rings. The van der Waals surface area contributed by atoms with Crippen LogP contribution in [-0.2, 0) is 14.5 Å². The van der Waals surface area contributed by atoms with E-state index < -0.39 is 5.79 Å². The van der Waals surface area contributed by atoms with E-state index in [0.717, 1.165) is 49.7 Å². The number of ether oxygens (including phenoxy) is 2. The first kappa shape index (κ1) is 21.7. The van der Waals surface area contributed by atoms with Crippen LogP contribution in [0.1, 0.15) is 75.7 Å². The topological polar surface area (TPSA) is 62.9 Å². The summed E-state index contributed by atoms with van der Waals surface area (Å²) in [6.07, 6.45) is 11.7. The summed E-state index contributed by atoms with van der Waals surface area (Å²) in [4.78, 5) is 12.4. The molecule has 172 valence electrons. The van der Waals surface area contributed by atoms with Crippen LogP contribution in [0.3, 0.4) is 0 Å². The lowest BCUT2D eigenvalue weighted by molar-refractivity contribution is -0.485. The Kier molecular flexibility index (Phi) is 6.57. The molecule has 6 rings (SSSR count). The largest absolute Gasteiger partial charge is 0.493 e. The van der Waals surface area contributed by atoms with Crippen molar-refractivity contribution in [3.8, 4) is 5.75 Å². The van der Waals surface area contributed by atoms with E-state index in [2.05, 4.69) is 24.3 Å². The molecular formula is C26H39NO4. The maximum absolute atomic E-state index is 6.27. The molecule has 1 aromatic rings. The third kappa shape index (κ3) is 4.27. The van der Waals surface area contributed by atoms with Crippen LogP contribution in [0, 0.1) is 23.7 Å². The van der Waals surface area contributed by atoms with Crippen molar-refractivity contribution >= 4 is 0 Å². The highest BCUT2D eigenvalue weighted by Crippen LogP contribution is 2.60. The average Bonchev–Trinajstić information content (AvgIpc) is 2.80. The lowest BCUT2D eigenvalue weighted by atomic mass is 9.53. The zero-order valence-corrected chi connectivity index (χ0v) is 19.0. The maximum Gasteiger partial charge on any atom is 0.207 e. The summed E-state index contributed by atoms with van der Waals surface area (Å²) in [5.74, 6) is 3.81. The molecule has 5 aliphatic carbocycles. The zero-order valence-electron chi connectivity index (χ0n) is 19.0. The number of hydrogen-bond donors (Lipinski definition) is 1. The first-order valence-electron chi connectivity index (χ1n) is 12.5. The van der Waals surface area contributed by atoms with Crippen LogP contribution in [0.4, 0.5) is 0 Å². The van der Waals surface area contributed by atoms with Crippen LogP contribution in [0.5, 0.6) is 5.75 Å². The first-order chi connectivity index (χ1) is 15.2. The van der Waals surface area contributed by atoms with Gasteiger partial charge in [-0.1, -0.05) is 18.2 Å². The van der Waals surface area contributed by atoms with Gasteiger partial charge in [0, 0.05) is 18.9 Å². The van der Waals surface area contributed by atoms with Crippen LogP contribution in [0.2, 0.25) is 0 Å². The Morgan fingerprint density at radius 3 is 2.26 bits per heavy atom. The SMILES string of the molecule is COC1(OOC2CCC(c3ccccc3OCCCN)CC2)C2CC3CC(C2)CC1C3. The molecule has 0 heterocycles. The molecule has 0 aromatic heterocycles. The Hall–Kier alpha value is -1.14. The minimum absolute atomic E-state index is 0.158. The fourth-order valence-corrected chi connectivity index (χ4v) is 7.17. The predicted octanol–water partition coefficient (Wildman–Crippen LogP) is 5.19. The van der Waals surface area contributed by atoms with Crippen LogP contribution in [0.25, 0.3) is 0 Å². The smallest absolute Gasteiger partial charge is 0.207 e. The van der Waals surface area contributed by atoms with Gasteiger partial charge in [0.15, 0.2) is 0 Å². The van der Waals surface area contributed by atoms with Crippen molar-refractivity contribution in [1.82, 2.24) is 0 Å². The molecule has 2 N–H and O–H groups in total. The van der Waals surface area contributed by atoms with E-state index in [0.29, 0.717) is 30.9 Å². The average molecular weight is 430 g/mol. The Morgan fingerprint density at radius 2 is 1.61 bits per heavy atom. The van der Waals surface area contributed by atoms with Crippen LogP contribution >= 0.6 is 0 Å². The molecule has 0 aliphatic heterocycles. The fraction of sp³-hybridized carbons (Fsp3) is 0.769. The van der Waals surface area contributed by atoms with Gasteiger partial charge in [0.1, 0.15) is 5.75 Å². The molecule has 0 unspecified atom stereocenters. The van der Waals surface area contributed by atoms with Crippen molar-refractivity contribution in [2.75, 3.05) is 20.3 Å². The van der Waals surface area contributed by atoms with Gasteiger partial charge in [-0.25, -0.2) is 9.78 Å². The number of para-hydroxylation sites is 1. The van der Waals surface area contributed by atoms with Crippen molar-refractivity contribution in [2.24, 2.45) is 29.4 Å². The predicted molar refractivity (Wildman–Crippen MR) is 120 cm³/mol. The Labute approximate surface area is 186 Å². The minimum atomic E-state index is -0.506. The maximum atomic E-state index is 6.27. The quantitative estimate of drug-likeness (QED) is 0.253. The number of methoxy groups -OCH3 is 1. The van der Waals surface area contributed by atoms with Gasteiger partial charge in [-0.15, -0.1) is 0 Å². The zero-order chi connectivity index (χ0) is 21.3. The molecular weight excluding hydrogens is 390 g/mol. The van der Waals surface area contributed by atoms with Gasteiger partial charge >= 0.3 is 0 Å². The van der Waals surface area contributed by atoms with Crippen LogP contribution in [-0.4, -0.2) is 32.2 Å². The number of nitrogens with two attached hydrogens (primary N) is 1. The molecule has 0 radical (unpaired) electrons. The monoisotopic (exact) mass is 429 g/mol. The van der Waals surface area contributed by atoms with Gasteiger partial charge in [0.05, 0.1) is 12.7 Å². The Balaban J connectivity index is 1.16. The molecule has 4 bridgehead atoms. The third-order valence-corrected chi connectivity index (χ3v) is 8.55. The molecule has 0 atom stereocenters. The van der Waals surface area contributed by atoms with Crippen molar-refractivity contribution in [2.45, 2.75) is 82.0 Å². The number of benzene rings is 1. The highest BCUT2D eigenvalue weighted by molar-refractivity contribution is 5.36. The summed E-state index contributed by atoms with van der Waals surface area (Å²) in [6, 6.07) is 8.48. The van der Waals surface area contributed by atoms with Crippen molar-refractivity contribution in [3.63, 3.8) is 0 Å². The highest BCUT2D eigenvalue weighted by Gasteiger charge is 2.60. The van der Waals surface area contributed by atoms with E-state index in [1.165, 1.54) is 37.7 Å². The summed E-state index contributed by atoms with van der Waals surface area (Å²) in [5.41, 5.74) is 6.94. The minimum Gasteiger partial charge on any atom is -0.493 e. The molecule has 5 fully saturated rings. The van der Waals surface area contributed by atoms with Gasteiger partial charge in [0.2, 0.25) is 5.79 Å². The second-order valence-corrected chi connectivity index (χ2v) is 10.4. The van der Waals surface area contributed by atoms with E-state index in [1.807, 2.05) is 7.11 Å². The standard InChI is InChI=1S/C26H39NO4/c1-28-26(21-14-18-13-19(16-21)17-22(26)15-18)31-30-23-9-7-20(8-10-23)24-5-2-3-6-25(24)29-12-4-11-27/h2-3,5-6,18-23H,4,7-17,27H2,1H3. The van der Waals surface area contributed by atoms with E-state index in [4.69, 9.17) is 25.0 Å². The number of rotatable bonds is 9. The van der Waals surface area contributed by atoms with Gasteiger partial charge < -0.3 is 15.2 Å². The molecule has 5 heteroatoms. The van der Waals surface area contributed by atoms with Crippen molar-refractivity contribution in [3.05, 3.63) is 29.8 Å². The van der Waals surface area contributed by atoms with E-state index in [9.17, 15) is 0 Å². The van der Waals surface area contributed by atoms with Gasteiger partial charge in [-0.3, -0.25) is 0 Å². The number of hydrogen-bond acceptors (Lipinski definition) is 5. The first-order valence-corrected chi connectivity index (χ1v) is 12.5. The van der Waals surface area contributed by atoms with Gasteiger partial charge in [-0.2, -0.15) is 0 Å². The molecule has 5 saturated carbocycles. The van der Waals surface area contributed by atoms with Gasteiger partial charge in [0.25, 0.3) is 0 Å². The Bertz CT molecular complexity index is 702. The van der Waals surface area contributed by atoms with E-state index >= 15 is 0 Å². The lowest BCUT2D eigenvalue weighted by Gasteiger charge is -2.58. The van der Waals surface area contributed by atoms with Crippen molar-refractivity contribution in [1.29, 1.82) is 0 Å². The highest BCUT2D eigenvalue weighted by atomic mass is 17.2. The summed E-state index contributed by atoms with van der Waals surface area (Å²) in [5, 5.41) is 0. The van der Waals surface area contributed by atoms with Crippen LogP contribution in [0.15, 0.2) is 24.3 Å². The molecule has 0 saturated heterocycles. The second kappa shape index (κ2) is 9.38. The fourth-order valence-electron chi connectivity index (χ4n) is 7.17. The van der Waals surface area contributed by atoms with E-state index in [-0.39, 0.29) is 6.10 Å². The van der Waals surface area contributed by atoms with Crippen LogP contribution < -0.4 is 10.5 Å². The molecule has 1 aromatic carbocycles. The van der Waals surface area contributed by atoms with Gasteiger partial charge in [-0.05, 0) is 100 Å². The normalized spacial score (nSPS) is 39.0. The second-order valence-electron chi connectivity index (χ2n) is 10.4.